The Hall–Kier alpha value is -2.29. The fraction of sp³-hybridized carbons (Fsp3) is 0.650. The molecule has 9 heteroatoms. The van der Waals surface area contributed by atoms with Crippen molar-refractivity contribution < 1.29 is 4.79 Å². The van der Waals surface area contributed by atoms with Crippen molar-refractivity contribution in [1.29, 1.82) is 0 Å². The second-order valence-electron chi connectivity index (χ2n) is 7.87. The summed E-state index contributed by atoms with van der Waals surface area (Å²) in [5, 5.41) is 13.1. The van der Waals surface area contributed by atoms with Crippen LogP contribution < -0.4 is 9.80 Å². The van der Waals surface area contributed by atoms with Gasteiger partial charge in [-0.25, -0.2) is 0 Å². The molecule has 29 heavy (non-hydrogen) atoms. The number of piperazine rings is 1. The number of carbonyl (C=O) groups excluding carboxylic acids is 1. The average molecular weight is 416 g/mol. The molecule has 0 bridgehead atoms. The Balaban J connectivity index is 1.35. The highest BCUT2D eigenvalue weighted by molar-refractivity contribution is 7.08. The lowest BCUT2D eigenvalue weighted by atomic mass is 10.0. The van der Waals surface area contributed by atoms with Gasteiger partial charge in [0, 0.05) is 38.8 Å². The number of hydrogen-bond acceptors (Lipinski definition) is 8. The van der Waals surface area contributed by atoms with Crippen LogP contribution in [0.4, 0.5) is 11.6 Å². The molecule has 1 unspecified atom stereocenters. The van der Waals surface area contributed by atoms with Gasteiger partial charge in [0.05, 0.1) is 5.69 Å². The molecular weight excluding hydrogens is 386 g/mol. The molecule has 2 aliphatic heterocycles. The summed E-state index contributed by atoms with van der Waals surface area (Å²) in [6.45, 7) is 8.27. The van der Waals surface area contributed by atoms with E-state index in [9.17, 15) is 4.79 Å². The molecule has 1 amide bonds. The maximum Gasteiger partial charge on any atom is 0.267 e. The number of hydrogen-bond donors (Lipinski definition) is 0. The Kier molecular flexibility index (Phi) is 6.22. The number of amides is 1. The Morgan fingerprint density at radius 2 is 1.83 bits per heavy atom. The Morgan fingerprint density at radius 1 is 1.07 bits per heavy atom. The minimum absolute atomic E-state index is 0.0589. The summed E-state index contributed by atoms with van der Waals surface area (Å²) in [4.78, 5) is 20.0. The zero-order valence-electron chi connectivity index (χ0n) is 17.3. The van der Waals surface area contributed by atoms with Crippen molar-refractivity contribution in [1.82, 2.24) is 24.7 Å². The molecule has 2 saturated heterocycles. The lowest BCUT2D eigenvalue weighted by Crippen LogP contribution is -2.49. The van der Waals surface area contributed by atoms with E-state index in [0.717, 1.165) is 49.8 Å². The zero-order valence-corrected chi connectivity index (χ0v) is 18.1. The lowest BCUT2D eigenvalue weighted by Gasteiger charge is -2.36. The van der Waals surface area contributed by atoms with Crippen LogP contribution in [0.1, 0.15) is 54.9 Å². The molecule has 2 aromatic rings. The standard InChI is InChI=1S/C20H29N7OS/c1-3-6-16-19(29-24-21-16)20(28)26-13-11-25(12-14-26)17-8-9-18(23-22-17)27-10-5-4-7-15(27)2/h8-9,15H,3-7,10-14H2,1-2H3. The quantitative estimate of drug-likeness (QED) is 0.743. The molecule has 1 atom stereocenters. The lowest BCUT2D eigenvalue weighted by molar-refractivity contribution is 0.0750. The fourth-order valence-corrected chi connectivity index (χ4v) is 4.81. The molecule has 4 heterocycles. The number of rotatable bonds is 5. The van der Waals surface area contributed by atoms with Crippen molar-refractivity contribution >= 4 is 29.1 Å². The molecule has 2 fully saturated rings. The van der Waals surface area contributed by atoms with Crippen LogP contribution in [0.15, 0.2) is 12.1 Å². The van der Waals surface area contributed by atoms with Gasteiger partial charge in [-0.15, -0.1) is 15.3 Å². The van der Waals surface area contributed by atoms with E-state index in [1.54, 1.807) is 0 Å². The molecule has 4 rings (SSSR count). The van der Waals surface area contributed by atoms with Gasteiger partial charge >= 0.3 is 0 Å². The van der Waals surface area contributed by atoms with Gasteiger partial charge in [0.2, 0.25) is 0 Å². The second kappa shape index (κ2) is 9.02. The van der Waals surface area contributed by atoms with Crippen LogP contribution >= 0.6 is 11.5 Å². The minimum Gasteiger partial charge on any atom is -0.352 e. The van der Waals surface area contributed by atoms with Crippen molar-refractivity contribution in [2.24, 2.45) is 0 Å². The maximum atomic E-state index is 12.9. The SMILES string of the molecule is CCCc1nnsc1C(=O)N1CCN(c2ccc(N3CCCCC3C)nn2)CC1. The first-order valence-electron chi connectivity index (χ1n) is 10.6. The summed E-state index contributed by atoms with van der Waals surface area (Å²) in [5.74, 6) is 1.91. The van der Waals surface area contributed by atoms with Gasteiger partial charge < -0.3 is 14.7 Å². The molecule has 8 nitrogen and oxygen atoms in total. The fourth-order valence-electron chi connectivity index (χ4n) is 4.13. The predicted molar refractivity (Wildman–Crippen MR) is 115 cm³/mol. The number of carbonyl (C=O) groups is 1. The van der Waals surface area contributed by atoms with Crippen molar-refractivity contribution in [3.05, 3.63) is 22.7 Å². The monoisotopic (exact) mass is 415 g/mol. The second-order valence-corrected chi connectivity index (χ2v) is 8.62. The first kappa shape index (κ1) is 20.0. The van der Waals surface area contributed by atoms with Gasteiger partial charge in [0.25, 0.3) is 5.91 Å². The minimum atomic E-state index is 0.0589. The van der Waals surface area contributed by atoms with Crippen LogP contribution in [0.3, 0.4) is 0 Å². The van der Waals surface area contributed by atoms with Gasteiger partial charge in [-0.1, -0.05) is 17.8 Å². The highest BCUT2D eigenvalue weighted by Crippen LogP contribution is 2.24. The Labute approximate surface area is 176 Å². The van der Waals surface area contributed by atoms with E-state index in [-0.39, 0.29) is 5.91 Å². The van der Waals surface area contributed by atoms with Crippen molar-refractivity contribution in [3.8, 4) is 0 Å². The average Bonchev–Trinajstić information content (AvgIpc) is 3.22. The third-order valence-electron chi connectivity index (χ3n) is 5.86. The number of piperidine rings is 1. The van der Waals surface area contributed by atoms with Crippen molar-refractivity contribution in [2.75, 3.05) is 42.5 Å². The van der Waals surface area contributed by atoms with Crippen LogP contribution in [-0.4, -0.2) is 69.4 Å². The number of anilines is 2. The van der Waals surface area contributed by atoms with Crippen molar-refractivity contribution in [2.45, 2.75) is 52.0 Å². The van der Waals surface area contributed by atoms with Gasteiger partial charge in [0.15, 0.2) is 11.6 Å². The normalized spacial score (nSPS) is 20.2. The van der Waals surface area contributed by atoms with Gasteiger partial charge in [-0.05, 0) is 56.3 Å². The van der Waals surface area contributed by atoms with Crippen LogP contribution in [0.2, 0.25) is 0 Å². The molecule has 0 aliphatic carbocycles. The third kappa shape index (κ3) is 4.34. The summed E-state index contributed by atoms with van der Waals surface area (Å²) in [6.07, 6.45) is 5.50. The van der Waals surface area contributed by atoms with Gasteiger partial charge in [-0.2, -0.15) is 0 Å². The third-order valence-corrected chi connectivity index (χ3v) is 6.62. The first-order valence-corrected chi connectivity index (χ1v) is 11.4. The molecule has 0 radical (unpaired) electrons. The molecule has 2 aliphatic rings. The molecule has 0 saturated carbocycles. The highest BCUT2D eigenvalue weighted by atomic mass is 32.1. The molecule has 2 aromatic heterocycles. The molecule has 156 valence electrons. The van der Waals surface area contributed by atoms with Crippen LogP contribution in [-0.2, 0) is 6.42 Å². The van der Waals surface area contributed by atoms with Gasteiger partial charge in [0.1, 0.15) is 4.88 Å². The topological polar surface area (TPSA) is 78.4 Å². The summed E-state index contributed by atoms with van der Waals surface area (Å²) < 4.78 is 3.98. The summed E-state index contributed by atoms with van der Waals surface area (Å²) in [7, 11) is 0. The number of nitrogens with zero attached hydrogens (tertiary/aromatic N) is 7. The molecular formula is C20H29N7OS. The molecule has 0 N–H and O–H groups in total. The van der Waals surface area contributed by atoms with E-state index >= 15 is 0 Å². The number of aryl methyl sites for hydroxylation is 1. The Bertz CT molecular complexity index is 816. The number of aromatic nitrogens is 4. The molecule has 0 aromatic carbocycles. The molecule has 0 spiro atoms. The Morgan fingerprint density at radius 3 is 2.52 bits per heavy atom. The van der Waals surface area contributed by atoms with E-state index in [4.69, 9.17) is 0 Å². The van der Waals surface area contributed by atoms with Crippen LogP contribution in [0.25, 0.3) is 0 Å². The zero-order chi connectivity index (χ0) is 20.2. The largest absolute Gasteiger partial charge is 0.352 e. The van der Waals surface area contributed by atoms with Gasteiger partial charge in [-0.3, -0.25) is 4.79 Å². The highest BCUT2D eigenvalue weighted by Gasteiger charge is 2.27. The van der Waals surface area contributed by atoms with E-state index < -0.39 is 0 Å². The summed E-state index contributed by atoms with van der Waals surface area (Å²) >= 11 is 1.21. The summed E-state index contributed by atoms with van der Waals surface area (Å²) in [5.41, 5.74) is 0.832. The van der Waals surface area contributed by atoms with E-state index in [1.807, 2.05) is 4.90 Å². The summed E-state index contributed by atoms with van der Waals surface area (Å²) in [6, 6.07) is 4.67. The first-order chi connectivity index (χ1) is 14.2. The predicted octanol–water partition coefficient (Wildman–Crippen LogP) is 2.62. The maximum absolute atomic E-state index is 12.9. The smallest absolute Gasteiger partial charge is 0.267 e. The van der Waals surface area contributed by atoms with E-state index in [2.05, 4.69) is 55.6 Å². The van der Waals surface area contributed by atoms with E-state index in [1.165, 1.54) is 30.8 Å². The van der Waals surface area contributed by atoms with E-state index in [0.29, 0.717) is 24.0 Å². The van der Waals surface area contributed by atoms with Crippen molar-refractivity contribution in [3.63, 3.8) is 0 Å². The van der Waals surface area contributed by atoms with Crippen LogP contribution in [0.5, 0.6) is 0 Å². The van der Waals surface area contributed by atoms with Crippen LogP contribution in [0, 0.1) is 0 Å².